The molecule has 0 saturated carbocycles. The van der Waals surface area contributed by atoms with Crippen molar-refractivity contribution in [3.8, 4) is 0 Å². The minimum absolute atomic E-state index is 0.153. The number of thiophene rings is 1. The van der Waals surface area contributed by atoms with E-state index >= 15 is 0 Å². The quantitative estimate of drug-likeness (QED) is 0.727. The van der Waals surface area contributed by atoms with Crippen molar-refractivity contribution in [2.45, 2.75) is 11.5 Å². The van der Waals surface area contributed by atoms with Gasteiger partial charge in [0.1, 0.15) is 0 Å². The maximum atomic E-state index is 12.3. The minimum atomic E-state index is -3.54. The Morgan fingerprint density at radius 1 is 1.61 bits per heavy atom. The van der Waals surface area contributed by atoms with E-state index in [9.17, 15) is 8.42 Å². The number of aliphatic hydroxyl groups is 1. The molecule has 1 heterocycles. The molecule has 0 aliphatic rings. The average Bonchev–Trinajstić information content (AvgIpc) is 2.83. The molecule has 7 heteroatoms. The summed E-state index contributed by atoms with van der Waals surface area (Å²) in [5.41, 5.74) is 0. The summed E-state index contributed by atoms with van der Waals surface area (Å²) in [6.45, 7) is 4.23. The zero-order valence-corrected chi connectivity index (χ0v) is 11.8. The van der Waals surface area contributed by atoms with Gasteiger partial charge in [-0.3, -0.25) is 0 Å². The van der Waals surface area contributed by atoms with Crippen molar-refractivity contribution in [3.63, 3.8) is 0 Å². The molecular weight excluding hydrogens is 274 g/mol. The summed E-state index contributed by atoms with van der Waals surface area (Å²) >= 11 is 1.22. The van der Waals surface area contributed by atoms with E-state index in [1.807, 2.05) is 0 Å². The Morgan fingerprint density at radius 2 is 2.33 bits per heavy atom. The number of hydrogen-bond donors (Lipinski definition) is 1. The van der Waals surface area contributed by atoms with E-state index in [0.717, 1.165) is 0 Å². The lowest BCUT2D eigenvalue weighted by atomic mass is 10.5. The fourth-order valence-corrected chi connectivity index (χ4v) is 3.89. The van der Waals surface area contributed by atoms with E-state index in [1.54, 1.807) is 0 Å². The Bertz CT molecular complexity index is 481. The SMILES string of the molecule is C=CCN(CCOC)S(=O)(=O)c1csc(CO)c1. The van der Waals surface area contributed by atoms with Gasteiger partial charge in [-0.25, -0.2) is 8.42 Å². The molecule has 0 aromatic carbocycles. The summed E-state index contributed by atoms with van der Waals surface area (Å²) in [5, 5.41) is 10.5. The second kappa shape index (κ2) is 7.01. The van der Waals surface area contributed by atoms with Gasteiger partial charge in [-0.15, -0.1) is 17.9 Å². The van der Waals surface area contributed by atoms with Crippen molar-refractivity contribution in [1.29, 1.82) is 0 Å². The summed E-state index contributed by atoms with van der Waals surface area (Å²) in [6.07, 6.45) is 1.53. The molecule has 0 unspecified atom stereocenters. The number of methoxy groups -OCH3 is 1. The number of hydrogen-bond acceptors (Lipinski definition) is 5. The molecule has 102 valence electrons. The first-order valence-corrected chi connectivity index (χ1v) is 7.66. The molecule has 5 nitrogen and oxygen atoms in total. The van der Waals surface area contributed by atoms with E-state index in [2.05, 4.69) is 6.58 Å². The minimum Gasteiger partial charge on any atom is -0.391 e. The predicted molar refractivity (Wildman–Crippen MR) is 71.1 cm³/mol. The maximum absolute atomic E-state index is 12.3. The maximum Gasteiger partial charge on any atom is 0.244 e. The van der Waals surface area contributed by atoms with Crippen molar-refractivity contribution in [3.05, 3.63) is 29.0 Å². The first kappa shape index (κ1) is 15.3. The van der Waals surface area contributed by atoms with Crippen LogP contribution in [0.25, 0.3) is 0 Å². The van der Waals surface area contributed by atoms with Crippen LogP contribution in [0.5, 0.6) is 0 Å². The fourth-order valence-electron chi connectivity index (χ4n) is 1.37. The lowest BCUT2D eigenvalue weighted by Gasteiger charge is -2.19. The summed E-state index contributed by atoms with van der Waals surface area (Å²) in [6, 6.07) is 1.49. The highest BCUT2D eigenvalue weighted by Gasteiger charge is 2.24. The van der Waals surface area contributed by atoms with Gasteiger partial charge >= 0.3 is 0 Å². The fraction of sp³-hybridized carbons (Fsp3) is 0.455. The van der Waals surface area contributed by atoms with E-state index < -0.39 is 10.0 Å². The molecule has 0 radical (unpaired) electrons. The van der Waals surface area contributed by atoms with Gasteiger partial charge < -0.3 is 9.84 Å². The molecule has 0 fully saturated rings. The van der Waals surface area contributed by atoms with Crippen LogP contribution >= 0.6 is 11.3 Å². The molecule has 0 amide bonds. The van der Waals surface area contributed by atoms with Gasteiger partial charge in [-0.1, -0.05) is 6.08 Å². The Hall–Kier alpha value is -0.730. The van der Waals surface area contributed by atoms with Gasteiger partial charge in [0.15, 0.2) is 0 Å². The van der Waals surface area contributed by atoms with Crippen LogP contribution in [0, 0.1) is 0 Å². The van der Waals surface area contributed by atoms with Crippen LogP contribution in [0.1, 0.15) is 4.88 Å². The third-order valence-corrected chi connectivity index (χ3v) is 5.21. The molecule has 0 atom stereocenters. The summed E-state index contributed by atoms with van der Waals surface area (Å²) in [4.78, 5) is 0.827. The Labute approximate surface area is 111 Å². The number of aliphatic hydroxyl groups excluding tert-OH is 1. The van der Waals surface area contributed by atoms with Gasteiger partial charge in [0.25, 0.3) is 0 Å². The van der Waals surface area contributed by atoms with Crippen molar-refractivity contribution in [1.82, 2.24) is 4.31 Å². The lowest BCUT2D eigenvalue weighted by Crippen LogP contribution is -2.33. The summed E-state index contributed by atoms with van der Waals surface area (Å²) in [5.74, 6) is 0. The van der Waals surface area contributed by atoms with Crippen LogP contribution in [0.4, 0.5) is 0 Å². The van der Waals surface area contributed by atoms with E-state index in [4.69, 9.17) is 9.84 Å². The summed E-state index contributed by atoms with van der Waals surface area (Å²) < 4.78 is 30.8. The summed E-state index contributed by atoms with van der Waals surface area (Å²) in [7, 11) is -2.02. The van der Waals surface area contributed by atoms with Gasteiger partial charge in [0, 0.05) is 30.5 Å². The number of sulfonamides is 1. The van der Waals surface area contributed by atoms with Crippen molar-refractivity contribution in [2.24, 2.45) is 0 Å². The number of rotatable bonds is 8. The van der Waals surface area contributed by atoms with Crippen LogP contribution < -0.4 is 0 Å². The molecule has 0 bridgehead atoms. The highest BCUT2D eigenvalue weighted by atomic mass is 32.2. The standard InChI is InChI=1S/C11H17NO4S2/c1-3-4-12(5-6-16-2)18(14,15)11-7-10(8-13)17-9-11/h3,7,9,13H,1,4-6,8H2,2H3. The van der Waals surface area contributed by atoms with Gasteiger partial charge in [-0.05, 0) is 6.07 Å². The number of nitrogens with zero attached hydrogens (tertiary/aromatic N) is 1. The second-order valence-electron chi connectivity index (χ2n) is 3.55. The first-order valence-electron chi connectivity index (χ1n) is 5.34. The largest absolute Gasteiger partial charge is 0.391 e. The zero-order chi connectivity index (χ0) is 13.6. The Morgan fingerprint density at radius 3 is 2.83 bits per heavy atom. The van der Waals surface area contributed by atoms with E-state index in [1.165, 1.54) is 40.3 Å². The van der Waals surface area contributed by atoms with Gasteiger partial charge in [0.05, 0.1) is 18.1 Å². The van der Waals surface area contributed by atoms with Gasteiger partial charge in [0.2, 0.25) is 10.0 Å². The average molecular weight is 291 g/mol. The monoisotopic (exact) mass is 291 g/mol. The van der Waals surface area contributed by atoms with Crippen LogP contribution in [-0.2, 0) is 21.4 Å². The Kier molecular flexibility index (Phi) is 5.97. The molecule has 0 spiro atoms. The van der Waals surface area contributed by atoms with Crippen LogP contribution in [0.15, 0.2) is 29.0 Å². The van der Waals surface area contributed by atoms with Gasteiger partial charge in [-0.2, -0.15) is 4.31 Å². The molecular formula is C11H17NO4S2. The van der Waals surface area contributed by atoms with E-state index in [0.29, 0.717) is 11.5 Å². The van der Waals surface area contributed by atoms with Crippen molar-refractivity contribution < 1.29 is 18.3 Å². The molecule has 0 saturated heterocycles. The molecule has 1 aromatic rings. The second-order valence-corrected chi connectivity index (χ2v) is 6.49. The Balaban J connectivity index is 2.96. The molecule has 1 aromatic heterocycles. The molecule has 18 heavy (non-hydrogen) atoms. The highest BCUT2D eigenvalue weighted by molar-refractivity contribution is 7.89. The van der Waals surface area contributed by atoms with Crippen molar-refractivity contribution >= 4 is 21.4 Å². The van der Waals surface area contributed by atoms with E-state index in [-0.39, 0.29) is 24.6 Å². The predicted octanol–water partition coefficient (Wildman–Crippen LogP) is 1.06. The highest BCUT2D eigenvalue weighted by Crippen LogP contribution is 2.22. The first-order chi connectivity index (χ1) is 8.56. The molecule has 1 N–H and O–H groups in total. The van der Waals surface area contributed by atoms with Crippen LogP contribution in [-0.4, -0.2) is 44.6 Å². The lowest BCUT2D eigenvalue weighted by molar-refractivity contribution is 0.182. The third-order valence-electron chi connectivity index (χ3n) is 2.30. The van der Waals surface area contributed by atoms with Crippen LogP contribution in [0.3, 0.4) is 0 Å². The smallest absolute Gasteiger partial charge is 0.244 e. The molecule has 0 aliphatic carbocycles. The topological polar surface area (TPSA) is 66.8 Å². The van der Waals surface area contributed by atoms with Crippen molar-refractivity contribution in [2.75, 3.05) is 26.8 Å². The normalized spacial score (nSPS) is 11.9. The van der Waals surface area contributed by atoms with Crippen LogP contribution in [0.2, 0.25) is 0 Å². The molecule has 0 aliphatic heterocycles. The molecule has 1 rings (SSSR count). The zero-order valence-electron chi connectivity index (χ0n) is 10.2. The number of ether oxygens (including phenoxy) is 1. The third kappa shape index (κ3) is 3.63.